The molecule has 1 saturated carbocycles. The minimum atomic E-state index is 0.544. The van der Waals surface area contributed by atoms with Gasteiger partial charge in [0.25, 0.3) is 0 Å². The first-order valence-corrected chi connectivity index (χ1v) is 7.73. The molecule has 2 atom stereocenters. The normalized spacial score (nSPS) is 28.9. The summed E-state index contributed by atoms with van der Waals surface area (Å²) in [6.45, 7) is 0. The first kappa shape index (κ1) is 11.1. The summed E-state index contributed by atoms with van der Waals surface area (Å²) in [4.78, 5) is 0. The standard InChI is InChI=1S/C17H18N2O/c1-2-10(1)11-3-6-16-15(9-11)17(19-20-16)12-7-13-4-5-14(8-12)18-13/h3,6-7,9-10,13-14,18H,1-2,4-5,8H2. The van der Waals surface area contributed by atoms with Gasteiger partial charge in [-0.1, -0.05) is 17.3 Å². The molecule has 3 nitrogen and oxygen atoms in total. The lowest BCUT2D eigenvalue weighted by Crippen LogP contribution is -2.32. The fourth-order valence-corrected chi connectivity index (χ4v) is 3.75. The van der Waals surface area contributed by atoms with Crippen LogP contribution in [-0.4, -0.2) is 17.2 Å². The van der Waals surface area contributed by atoms with Gasteiger partial charge in [-0.05, 0) is 61.3 Å². The van der Waals surface area contributed by atoms with Gasteiger partial charge in [0.2, 0.25) is 0 Å². The van der Waals surface area contributed by atoms with Gasteiger partial charge in [0, 0.05) is 17.5 Å². The van der Waals surface area contributed by atoms with E-state index < -0.39 is 0 Å². The average molecular weight is 266 g/mol. The van der Waals surface area contributed by atoms with Crippen molar-refractivity contribution >= 4 is 16.5 Å². The molecule has 1 aromatic heterocycles. The maximum absolute atomic E-state index is 5.54. The number of aromatic nitrogens is 1. The molecule has 1 N–H and O–H groups in total. The van der Waals surface area contributed by atoms with Crippen LogP contribution in [0.4, 0.5) is 0 Å². The van der Waals surface area contributed by atoms with Crippen molar-refractivity contribution in [2.75, 3.05) is 0 Å². The SMILES string of the molecule is C1=C(c2noc3ccc(C4CC4)cc23)CC2CCC1N2. The first-order chi connectivity index (χ1) is 9.87. The molecule has 0 spiro atoms. The third-order valence-corrected chi connectivity index (χ3v) is 4.99. The maximum Gasteiger partial charge on any atom is 0.167 e. The Bertz CT molecular complexity index is 711. The van der Waals surface area contributed by atoms with E-state index in [1.807, 2.05) is 0 Å². The molecule has 0 amide bonds. The minimum absolute atomic E-state index is 0.544. The summed E-state index contributed by atoms with van der Waals surface area (Å²) in [5.41, 5.74) is 4.85. The lowest BCUT2D eigenvalue weighted by Gasteiger charge is -2.20. The Kier molecular flexibility index (Phi) is 2.19. The summed E-state index contributed by atoms with van der Waals surface area (Å²) in [5, 5.41) is 9.21. The molecule has 1 saturated heterocycles. The van der Waals surface area contributed by atoms with E-state index in [1.54, 1.807) is 0 Å². The van der Waals surface area contributed by atoms with E-state index >= 15 is 0 Å². The van der Waals surface area contributed by atoms with Crippen LogP contribution in [0.1, 0.15) is 49.3 Å². The van der Waals surface area contributed by atoms with Crippen molar-refractivity contribution in [1.82, 2.24) is 10.5 Å². The molecule has 3 heteroatoms. The highest BCUT2D eigenvalue weighted by atomic mass is 16.5. The van der Waals surface area contributed by atoms with Gasteiger partial charge in [0.05, 0.1) is 0 Å². The van der Waals surface area contributed by atoms with Crippen molar-refractivity contribution in [1.29, 1.82) is 0 Å². The van der Waals surface area contributed by atoms with Crippen molar-refractivity contribution in [3.8, 4) is 0 Å². The van der Waals surface area contributed by atoms with E-state index in [4.69, 9.17) is 4.52 Å². The van der Waals surface area contributed by atoms with Crippen molar-refractivity contribution in [3.63, 3.8) is 0 Å². The molecule has 2 bridgehead atoms. The Morgan fingerprint density at radius 1 is 1.15 bits per heavy atom. The molecule has 2 aliphatic heterocycles. The third kappa shape index (κ3) is 1.66. The molecule has 102 valence electrons. The Hall–Kier alpha value is -1.61. The predicted molar refractivity (Wildman–Crippen MR) is 78.5 cm³/mol. The van der Waals surface area contributed by atoms with Crippen molar-refractivity contribution in [2.24, 2.45) is 0 Å². The molecule has 2 fully saturated rings. The first-order valence-electron chi connectivity index (χ1n) is 7.73. The van der Waals surface area contributed by atoms with Crippen molar-refractivity contribution < 1.29 is 4.52 Å². The molecule has 1 aromatic carbocycles. The molecular weight excluding hydrogens is 248 g/mol. The molecule has 0 radical (unpaired) electrons. The third-order valence-electron chi connectivity index (χ3n) is 4.99. The van der Waals surface area contributed by atoms with Gasteiger partial charge < -0.3 is 9.84 Å². The number of hydrogen-bond acceptors (Lipinski definition) is 3. The highest BCUT2D eigenvalue weighted by Gasteiger charge is 2.30. The average Bonchev–Trinajstić information content (AvgIpc) is 3.16. The zero-order valence-electron chi connectivity index (χ0n) is 11.4. The lowest BCUT2D eigenvalue weighted by molar-refractivity contribution is 0.452. The van der Waals surface area contributed by atoms with Gasteiger partial charge in [-0.3, -0.25) is 0 Å². The van der Waals surface area contributed by atoms with Gasteiger partial charge >= 0.3 is 0 Å². The number of nitrogens with zero attached hydrogens (tertiary/aromatic N) is 1. The minimum Gasteiger partial charge on any atom is -0.356 e. The van der Waals surface area contributed by atoms with Gasteiger partial charge in [-0.2, -0.15) is 0 Å². The lowest BCUT2D eigenvalue weighted by atomic mass is 9.97. The Labute approximate surface area is 118 Å². The quantitative estimate of drug-likeness (QED) is 0.902. The molecule has 2 aromatic rings. The fraction of sp³-hybridized carbons (Fsp3) is 0.471. The number of nitrogens with one attached hydrogen (secondary N) is 1. The Morgan fingerprint density at radius 2 is 2.10 bits per heavy atom. The van der Waals surface area contributed by atoms with E-state index in [1.165, 1.54) is 42.2 Å². The van der Waals surface area contributed by atoms with Crippen LogP contribution in [0.25, 0.3) is 16.5 Å². The molecule has 3 aliphatic rings. The number of fused-ring (bicyclic) bond motifs is 3. The smallest absolute Gasteiger partial charge is 0.167 e. The highest BCUT2D eigenvalue weighted by Crippen LogP contribution is 2.42. The second kappa shape index (κ2) is 3.95. The number of hydrogen-bond donors (Lipinski definition) is 1. The maximum atomic E-state index is 5.54. The zero-order valence-corrected chi connectivity index (χ0v) is 11.4. The van der Waals surface area contributed by atoms with E-state index in [0.29, 0.717) is 12.1 Å². The van der Waals surface area contributed by atoms with Gasteiger partial charge in [-0.15, -0.1) is 0 Å². The fourth-order valence-electron chi connectivity index (χ4n) is 3.75. The molecule has 1 aliphatic carbocycles. The van der Waals surface area contributed by atoms with Crippen LogP contribution in [0.5, 0.6) is 0 Å². The van der Waals surface area contributed by atoms with Gasteiger partial charge in [0.15, 0.2) is 5.58 Å². The Morgan fingerprint density at radius 3 is 2.95 bits per heavy atom. The Balaban J connectivity index is 1.62. The molecule has 3 heterocycles. The molecule has 5 rings (SSSR count). The highest BCUT2D eigenvalue weighted by molar-refractivity contribution is 5.90. The summed E-state index contributed by atoms with van der Waals surface area (Å²) in [5.74, 6) is 0.778. The van der Waals surface area contributed by atoms with E-state index in [0.717, 1.165) is 23.6 Å². The van der Waals surface area contributed by atoms with Gasteiger partial charge in [-0.25, -0.2) is 0 Å². The van der Waals surface area contributed by atoms with E-state index in [2.05, 4.69) is 34.7 Å². The number of rotatable bonds is 2. The zero-order chi connectivity index (χ0) is 13.1. The monoisotopic (exact) mass is 266 g/mol. The predicted octanol–water partition coefficient (Wildman–Crippen LogP) is 3.61. The summed E-state index contributed by atoms with van der Waals surface area (Å²) >= 11 is 0. The van der Waals surface area contributed by atoms with Crippen LogP contribution < -0.4 is 5.32 Å². The van der Waals surface area contributed by atoms with Crippen molar-refractivity contribution in [3.05, 3.63) is 35.5 Å². The molecule has 2 unspecified atom stereocenters. The van der Waals surface area contributed by atoms with E-state index in [-0.39, 0.29) is 0 Å². The number of benzene rings is 1. The van der Waals surface area contributed by atoms with Crippen molar-refractivity contribution in [2.45, 2.75) is 50.1 Å². The van der Waals surface area contributed by atoms with Crippen LogP contribution in [0.15, 0.2) is 28.8 Å². The summed E-state index contributed by atoms with van der Waals surface area (Å²) in [6.07, 6.45) is 8.67. The second-order valence-electron chi connectivity index (χ2n) is 6.50. The summed E-state index contributed by atoms with van der Waals surface area (Å²) < 4.78 is 5.54. The van der Waals surface area contributed by atoms with Crippen LogP contribution >= 0.6 is 0 Å². The molecule has 20 heavy (non-hydrogen) atoms. The van der Waals surface area contributed by atoms with E-state index in [9.17, 15) is 0 Å². The molecular formula is C17H18N2O. The van der Waals surface area contributed by atoms with Crippen LogP contribution in [0.3, 0.4) is 0 Å². The van der Waals surface area contributed by atoms with Crippen LogP contribution in [0, 0.1) is 0 Å². The summed E-state index contributed by atoms with van der Waals surface area (Å²) in [7, 11) is 0. The largest absolute Gasteiger partial charge is 0.356 e. The topological polar surface area (TPSA) is 38.1 Å². The second-order valence-corrected chi connectivity index (χ2v) is 6.50. The summed E-state index contributed by atoms with van der Waals surface area (Å²) in [6, 6.07) is 7.79. The van der Waals surface area contributed by atoms with Gasteiger partial charge in [0.1, 0.15) is 5.69 Å². The van der Waals surface area contributed by atoms with Crippen LogP contribution in [-0.2, 0) is 0 Å². The van der Waals surface area contributed by atoms with Crippen LogP contribution in [0.2, 0.25) is 0 Å².